The van der Waals surface area contributed by atoms with E-state index in [4.69, 9.17) is 4.74 Å². The Morgan fingerprint density at radius 1 is 1.23 bits per heavy atom. The fourth-order valence-corrected chi connectivity index (χ4v) is 3.50. The number of carbonyl (C=O) groups is 1. The summed E-state index contributed by atoms with van der Waals surface area (Å²) in [5.74, 6) is -0.306. The van der Waals surface area contributed by atoms with Crippen LogP contribution in [-0.4, -0.2) is 17.5 Å². The molecule has 136 valence electrons. The van der Waals surface area contributed by atoms with Crippen LogP contribution in [0.2, 0.25) is 0 Å². The predicted octanol–water partition coefficient (Wildman–Crippen LogP) is 5.51. The average molecular weight is 353 g/mol. The van der Waals surface area contributed by atoms with E-state index in [1.807, 2.05) is 38.1 Å². The summed E-state index contributed by atoms with van der Waals surface area (Å²) in [7, 11) is 0. The van der Waals surface area contributed by atoms with E-state index in [2.05, 4.69) is 6.58 Å². The molecule has 0 N–H and O–H groups in total. The first-order valence-corrected chi connectivity index (χ1v) is 8.88. The lowest BCUT2D eigenvalue weighted by Gasteiger charge is -2.43. The van der Waals surface area contributed by atoms with Crippen molar-refractivity contribution in [2.45, 2.75) is 38.3 Å². The lowest BCUT2D eigenvalue weighted by Crippen LogP contribution is -2.48. The summed E-state index contributed by atoms with van der Waals surface area (Å²) in [4.78, 5) is 14.5. The van der Waals surface area contributed by atoms with Gasteiger partial charge in [-0.2, -0.15) is 0 Å². The molecule has 3 nitrogen and oxygen atoms in total. The van der Waals surface area contributed by atoms with Crippen LogP contribution >= 0.6 is 0 Å². The highest BCUT2D eigenvalue weighted by atomic mass is 19.1. The number of amides is 1. The van der Waals surface area contributed by atoms with Crippen molar-refractivity contribution >= 4 is 6.09 Å². The van der Waals surface area contributed by atoms with Gasteiger partial charge in [0.1, 0.15) is 11.4 Å². The van der Waals surface area contributed by atoms with E-state index in [-0.39, 0.29) is 18.0 Å². The molecule has 26 heavy (non-hydrogen) atoms. The minimum atomic E-state index is -0.782. The Morgan fingerprint density at radius 2 is 1.88 bits per heavy atom. The van der Waals surface area contributed by atoms with Crippen molar-refractivity contribution in [3.8, 4) is 0 Å². The molecule has 1 amide bonds. The maximum Gasteiger partial charge on any atom is 0.411 e. The van der Waals surface area contributed by atoms with Crippen LogP contribution in [0, 0.1) is 12.7 Å². The zero-order valence-corrected chi connectivity index (χ0v) is 15.2. The molecule has 1 unspecified atom stereocenters. The fraction of sp³-hybridized carbons (Fsp3) is 0.318. The van der Waals surface area contributed by atoms with Gasteiger partial charge in [0.15, 0.2) is 0 Å². The summed E-state index contributed by atoms with van der Waals surface area (Å²) in [6.45, 7) is 8.41. The highest BCUT2D eigenvalue weighted by Gasteiger charge is 2.42. The SMILES string of the molecule is C=CCC1(c2ccc(F)cc2)CCN([C@@H](C)c2ccc(C)cc2)C(=O)O1. The molecule has 1 fully saturated rings. The van der Waals surface area contributed by atoms with Gasteiger partial charge in [-0.3, -0.25) is 0 Å². The summed E-state index contributed by atoms with van der Waals surface area (Å²) in [6, 6.07) is 14.3. The van der Waals surface area contributed by atoms with Crippen molar-refractivity contribution in [1.29, 1.82) is 0 Å². The van der Waals surface area contributed by atoms with Crippen LogP contribution in [0.15, 0.2) is 61.2 Å². The smallest absolute Gasteiger partial charge is 0.411 e. The van der Waals surface area contributed by atoms with Gasteiger partial charge in [-0.05, 0) is 37.1 Å². The van der Waals surface area contributed by atoms with Gasteiger partial charge in [0, 0.05) is 19.4 Å². The zero-order chi connectivity index (χ0) is 18.7. The highest BCUT2D eigenvalue weighted by molar-refractivity contribution is 5.70. The normalized spacial score (nSPS) is 21.2. The van der Waals surface area contributed by atoms with Crippen LogP contribution in [0.4, 0.5) is 9.18 Å². The number of nitrogens with zero attached hydrogens (tertiary/aromatic N) is 1. The molecule has 0 radical (unpaired) electrons. The topological polar surface area (TPSA) is 29.5 Å². The van der Waals surface area contributed by atoms with E-state index in [1.165, 1.54) is 17.7 Å². The number of hydrogen-bond donors (Lipinski definition) is 0. The third-order valence-corrected chi connectivity index (χ3v) is 5.15. The van der Waals surface area contributed by atoms with Crippen molar-refractivity contribution in [1.82, 2.24) is 4.90 Å². The van der Waals surface area contributed by atoms with Gasteiger partial charge in [-0.25, -0.2) is 9.18 Å². The summed E-state index contributed by atoms with van der Waals surface area (Å²) in [6.07, 6.45) is 2.52. The van der Waals surface area contributed by atoms with Crippen molar-refractivity contribution in [2.75, 3.05) is 6.54 Å². The second kappa shape index (κ2) is 7.32. The summed E-state index contributed by atoms with van der Waals surface area (Å²) in [5, 5.41) is 0. The second-order valence-electron chi connectivity index (χ2n) is 6.89. The second-order valence-corrected chi connectivity index (χ2v) is 6.89. The summed E-state index contributed by atoms with van der Waals surface area (Å²) in [5.41, 5.74) is 2.28. The molecule has 1 aliphatic heterocycles. The van der Waals surface area contributed by atoms with Crippen molar-refractivity contribution in [3.05, 3.63) is 83.7 Å². The van der Waals surface area contributed by atoms with E-state index < -0.39 is 5.60 Å². The molecule has 1 aliphatic rings. The van der Waals surface area contributed by atoms with Crippen LogP contribution in [0.3, 0.4) is 0 Å². The first-order chi connectivity index (χ1) is 12.4. The predicted molar refractivity (Wildman–Crippen MR) is 100 cm³/mol. The van der Waals surface area contributed by atoms with Crippen molar-refractivity contribution < 1.29 is 13.9 Å². The van der Waals surface area contributed by atoms with Gasteiger partial charge in [-0.15, -0.1) is 6.58 Å². The maximum atomic E-state index is 13.3. The summed E-state index contributed by atoms with van der Waals surface area (Å²) < 4.78 is 19.2. The largest absolute Gasteiger partial charge is 0.437 e. The molecular weight excluding hydrogens is 329 g/mol. The number of ether oxygens (including phenoxy) is 1. The van der Waals surface area contributed by atoms with Gasteiger partial charge in [0.05, 0.1) is 6.04 Å². The molecule has 0 saturated carbocycles. The molecule has 2 aromatic carbocycles. The number of rotatable bonds is 5. The van der Waals surface area contributed by atoms with E-state index in [9.17, 15) is 9.18 Å². The molecule has 0 bridgehead atoms. The number of hydrogen-bond acceptors (Lipinski definition) is 2. The molecule has 2 aromatic rings. The Hall–Kier alpha value is -2.62. The quantitative estimate of drug-likeness (QED) is 0.663. The fourth-order valence-electron chi connectivity index (χ4n) is 3.50. The van der Waals surface area contributed by atoms with Crippen LogP contribution in [-0.2, 0) is 10.3 Å². The van der Waals surface area contributed by atoms with Crippen LogP contribution in [0.1, 0.15) is 42.5 Å². The Labute approximate surface area is 154 Å². The van der Waals surface area contributed by atoms with Gasteiger partial charge in [0.2, 0.25) is 0 Å². The molecule has 4 heteroatoms. The number of aryl methyl sites for hydroxylation is 1. The van der Waals surface area contributed by atoms with E-state index in [0.29, 0.717) is 19.4 Å². The molecule has 0 aliphatic carbocycles. The third-order valence-electron chi connectivity index (χ3n) is 5.15. The Bertz CT molecular complexity index is 785. The minimum Gasteiger partial charge on any atom is -0.437 e. The van der Waals surface area contributed by atoms with Gasteiger partial charge >= 0.3 is 6.09 Å². The average Bonchev–Trinajstić information content (AvgIpc) is 2.63. The molecule has 1 saturated heterocycles. The van der Waals surface area contributed by atoms with E-state index in [1.54, 1.807) is 23.1 Å². The molecule has 2 atom stereocenters. The standard InChI is InChI=1S/C22H24FNO2/c1-4-13-22(19-9-11-20(23)12-10-19)14-15-24(21(25)26-22)17(3)18-7-5-16(2)6-8-18/h4-12,17H,1,13-15H2,2-3H3/t17-,22?/m0/s1. The lowest BCUT2D eigenvalue weighted by molar-refractivity contribution is -0.0588. The van der Waals surface area contributed by atoms with Gasteiger partial charge < -0.3 is 9.64 Å². The van der Waals surface area contributed by atoms with Crippen molar-refractivity contribution in [3.63, 3.8) is 0 Å². The molecule has 3 rings (SSSR count). The third kappa shape index (κ3) is 3.50. The zero-order valence-electron chi connectivity index (χ0n) is 15.2. The lowest BCUT2D eigenvalue weighted by atomic mass is 9.85. The van der Waals surface area contributed by atoms with Gasteiger partial charge in [-0.1, -0.05) is 48.0 Å². The number of halogens is 1. The van der Waals surface area contributed by atoms with Gasteiger partial charge in [0.25, 0.3) is 0 Å². The first kappa shape index (κ1) is 18.2. The molecule has 1 heterocycles. The first-order valence-electron chi connectivity index (χ1n) is 8.88. The van der Waals surface area contributed by atoms with Crippen LogP contribution in [0.5, 0.6) is 0 Å². The number of cyclic esters (lactones) is 1. The Morgan fingerprint density at radius 3 is 2.46 bits per heavy atom. The van der Waals surface area contributed by atoms with Crippen LogP contribution in [0.25, 0.3) is 0 Å². The molecule has 0 aromatic heterocycles. The van der Waals surface area contributed by atoms with Crippen LogP contribution < -0.4 is 0 Å². The minimum absolute atomic E-state index is 0.0713. The maximum absolute atomic E-state index is 13.3. The van der Waals surface area contributed by atoms with Crippen molar-refractivity contribution in [2.24, 2.45) is 0 Å². The summed E-state index contributed by atoms with van der Waals surface area (Å²) >= 11 is 0. The highest BCUT2D eigenvalue weighted by Crippen LogP contribution is 2.39. The van der Waals surface area contributed by atoms with E-state index >= 15 is 0 Å². The van der Waals surface area contributed by atoms with E-state index in [0.717, 1.165) is 11.1 Å². The number of benzene rings is 2. The Kier molecular flexibility index (Phi) is 5.12. The Balaban J connectivity index is 1.83. The monoisotopic (exact) mass is 353 g/mol. The molecule has 0 spiro atoms. The number of carbonyl (C=O) groups excluding carboxylic acids is 1. The molecular formula is C22H24FNO2.